The minimum atomic E-state index is -0.0936. The SMILES string of the molecule is CC(=O)Nc1cccc(OCCNCC2CNNC2c2ccc(C)o2)c1. The van der Waals surface area contributed by atoms with E-state index in [2.05, 4.69) is 21.5 Å². The third-order valence-electron chi connectivity index (χ3n) is 4.27. The van der Waals surface area contributed by atoms with E-state index in [1.807, 2.05) is 43.3 Å². The van der Waals surface area contributed by atoms with Crippen LogP contribution in [0.2, 0.25) is 0 Å². The quantitative estimate of drug-likeness (QED) is 0.540. The number of anilines is 1. The maximum Gasteiger partial charge on any atom is 0.221 e. The van der Waals surface area contributed by atoms with Crippen molar-refractivity contribution in [2.24, 2.45) is 5.92 Å². The molecular formula is C19H26N4O3. The minimum absolute atomic E-state index is 0.0936. The van der Waals surface area contributed by atoms with E-state index in [-0.39, 0.29) is 11.9 Å². The number of carbonyl (C=O) groups is 1. The Hall–Kier alpha value is -2.35. The largest absolute Gasteiger partial charge is 0.492 e. The van der Waals surface area contributed by atoms with Gasteiger partial charge in [-0.05, 0) is 31.2 Å². The van der Waals surface area contributed by atoms with Gasteiger partial charge in [0.2, 0.25) is 5.91 Å². The second kappa shape index (κ2) is 8.84. The number of benzene rings is 1. The van der Waals surface area contributed by atoms with Crippen molar-refractivity contribution in [3.05, 3.63) is 47.9 Å². The van der Waals surface area contributed by atoms with Crippen LogP contribution < -0.4 is 26.2 Å². The maximum absolute atomic E-state index is 11.1. The van der Waals surface area contributed by atoms with Crippen molar-refractivity contribution in [3.8, 4) is 5.75 Å². The lowest BCUT2D eigenvalue weighted by atomic mass is 10.00. The van der Waals surface area contributed by atoms with Gasteiger partial charge in [-0.15, -0.1) is 0 Å². The van der Waals surface area contributed by atoms with Crippen molar-refractivity contribution in [1.82, 2.24) is 16.2 Å². The molecule has 7 nitrogen and oxygen atoms in total. The summed E-state index contributed by atoms with van der Waals surface area (Å²) in [5.41, 5.74) is 7.22. The van der Waals surface area contributed by atoms with Crippen LogP contribution in [0.1, 0.15) is 24.5 Å². The first-order valence-electron chi connectivity index (χ1n) is 8.88. The third kappa shape index (κ3) is 5.08. The molecule has 2 aromatic rings. The smallest absolute Gasteiger partial charge is 0.221 e. The standard InChI is InChI=1S/C19H26N4O3/c1-13-6-7-18(26-13)19-15(12-21-23-19)11-20-8-9-25-17-5-3-4-16(10-17)22-14(2)24/h3-7,10,15,19-21,23H,8-9,11-12H2,1-2H3,(H,22,24). The van der Waals surface area contributed by atoms with Crippen LogP contribution in [0, 0.1) is 12.8 Å². The molecule has 2 unspecified atom stereocenters. The highest BCUT2D eigenvalue weighted by atomic mass is 16.5. The lowest BCUT2D eigenvalue weighted by Crippen LogP contribution is -2.31. The summed E-state index contributed by atoms with van der Waals surface area (Å²) in [6.45, 7) is 6.49. The molecule has 1 amide bonds. The molecule has 1 saturated heterocycles. The fourth-order valence-corrected chi connectivity index (χ4v) is 3.05. The number of amides is 1. The number of nitrogens with one attached hydrogen (secondary N) is 4. The van der Waals surface area contributed by atoms with E-state index in [1.165, 1.54) is 6.92 Å². The van der Waals surface area contributed by atoms with Crippen LogP contribution in [0.25, 0.3) is 0 Å². The Balaban J connectivity index is 1.39. The van der Waals surface area contributed by atoms with Crippen molar-refractivity contribution < 1.29 is 13.9 Å². The molecule has 1 aliphatic rings. The zero-order valence-electron chi connectivity index (χ0n) is 15.2. The lowest BCUT2D eigenvalue weighted by molar-refractivity contribution is -0.114. The molecule has 1 aliphatic heterocycles. The molecule has 4 N–H and O–H groups in total. The number of hydrogen-bond donors (Lipinski definition) is 4. The Morgan fingerprint density at radius 1 is 1.35 bits per heavy atom. The summed E-state index contributed by atoms with van der Waals surface area (Å²) in [4.78, 5) is 11.1. The van der Waals surface area contributed by atoms with E-state index in [0.29, 0.717) is 12.5 Å². The van der Waals surface area contributed by atoms with Crippen molar-refractivity contribution in [2.75, 3.05) is 31.6 Å². The van der Waals surface area contributed by atoms with Gasteiger partial charge >= 0.3 is 0 Å². The highest BCUT2D eigenvalue weighted by molar-refractivity contribution is 5.88. The fourth-order valence-electron chi connectivity index (χ4n) is 3.05. The summed E-state index contributed by atoms with van der Waals surface area (Å²) in [5, 5.41) is 6.18. The van der Waals surface area contributed by atoms with Crippen LogP contribution >= 0.6 is 0 Å². The van der Waals surface area contributed by atoms with E-state index in [4.69, 9.17) is 9.15 Å². The molecule has 0 bridgehead atoms. The first kappa shape index (κ1) is 18.4. The molecule has 1 aromatic heterocycles. The Kier molecular flexibility index (Phi) is 6.27. The summed E-state index contributed by atoms with van der Waals surface area (Å²) in [7, 11) is 0. The zero-order chi connectivity index (χ0) is 18.4. The van der Waals surface area contributed by atoms with E-state index in [1.54, 1.807) is 0 Å². The van der Waals surface area contributed by atoms with Crippen molar-refractivity contribution in [2.45, 2.75) is 19.9 Å². The molecule has 1 aromatic carbocycles. The van der Waals surface area contributed by atoms with Gasteiger partial charge in [-0.1, -0.05) is 6.07 Å². The fraction of sp³-hybridized carbons (Fsp3) is 0.421. The van der Waals surface area contributed by atoms with Gasteiger partial charge in [-0.2, -0.15) is 0 Å². The van der Waals surface area contributed by atoms with Gasteiger partial charge in [-0.25, -0.2) is 5.43 Å². The number of rotatable bonds is 8. The third-order valence-corrected chi connectivity index (χ3v) is 4.27. The average Bonchev–Trinajstić information content (AvgIpc) is 3.23. The van der Waals surface area contributed by atoms with Gasteiger partial charge in [0.25, 0.3) is 0 Å². The molecule has 0 radical (unpaired) electrons. The first-order valence-corrected chi connectivity index (χ1v) is 8.88. The van der Waals surface area contributed by atoms with Gasteiger partial charge in [0, 0.05) is 44.2 Å². The maximum atomic E-state index is 11.1. The number of hydrazine groups is 1. The molecule has 2 heterocycles. The summed E-state index contributed by atoms with van der Waals surface area (Å²) in [6, 6.07) is 11.6. The highest BCUT2D eigenvalue weighted by Crippen LogP contribution is 2.25. The molecule has 140 valence electrons. The van der Waals surface area contributed by atoms with Gasteiger partial charge < -0.3 is 19.8 Å². The number of aryl methyl sites for hydroxylation is 1. The predicted octanol–water partition coefficient (Wildman–Crippen LogP) is 1.98. The van der Waals surface area contributed by atoms with Crippen LogP contribution in [0.15, 0.2) is 40.8 Å². The van der Waals surface area contributed by atoms with Gasteiger partial charge in [-0.3, -0.25) is 10.2 Å². The minimum Gasteiger partial charge on any atom is -0.492 e. The lowest BCUT2D eigenvalue weighted by Gasteiger charge is -2.17. The normalized spacial score (nSPS) is 19.5. The molecule has 0 aliphatic carbocycles. The van der Waals surface area contributed by atoms with Crippen LogP contribution in [-0.2, 0) is 4.79 Å². The van der Waals surface area contributed by atoms with Crippen LogP contribution in [0.4, 0.5) is 5.69 Å². The molecule has 7 heteroatoms. The van der Waals surface area contributed by atoms with E-state index < -0.39 is 0 Å². The number of ether oxygens (including phenoxy) is 1. The topological polar surface area (TPSA) is 87.6 Å². The number of carbonyl (C=O) groups excluding carboxylic acids is 1. The second-order valence-electron chi connectivity index (χ2n) is 6.47. The van der Waals surface area contributed by atoms with Crippen molar-refractivity contribution >= 4 is 11.6 Å². The Morgan fingerprint density at radius 3 is 3.00 bits per heavy atom. The number of hydrogen-bond acceptors (Lipinski definition) is 6. The number of furan rings is 1. The molecular weight excluding hydrogens is 332 g/mol. The monoisotopic (exact) mass is 358 g/mol. The summed E-state index contributed by atoms with van der Waals surface area (Å²) in [5.74, 6) is 2.94. The molecule has 2 atom stereocenters. The van der Waals surface area contributed by atoms with Gasteiger partial charge in [0.15, 0.2) is 0 Å². The molecule has 26 heavy (non-hydrogen) atoms. The van der Waals surface area contributed by atoms with Crippen LogP contribution in [-0.4, -0.2) is 32.1 Å². The van der Waals surface area contributed by atoms with E-state index in [0.717, 1.165) is 42.6 Å². The van der Waals surface area contributed by atoms with Crippen LogP contribution in [0.3, 0.4) is 0 Å². The molecule has 0 spiro atoms. The molecule has 0 saturated carbocycles. The van der Waals surface area contributed by atoms with Crippen molar-refractivity contribution in [1.29, 1.82) is 0 Å². The second-order valence-corrected chi connectivity index (χ2v) is 6.47. The molecule has 3 rings (SSSR count). The predicted molar refractivity (Wildman–Crippen MR) is 99.9 cm³/mol. The Morgan fingerprint density at radius 2 is 2.23 bits per heavy atom. The summed E-state index contributed by atoms with van der Waals surface area (Å²) in [6.07, 6.45) is 0. The average molecular weight is 358 g/mol. The van der Waals surface area contributed by atoms with Gasteiger partial charge in [0.05, 0.1) is 6.04 Å². The van der Waals surface area contributed by atoms with E-state index in [9.17, 15) is 4.79 Å². The zero-order valence-corrected chi connectivity index (χ0v) is 15.2. The molecule has 1 fully saturated rings. The summed E-state index contributed by atoms with van der Waals surface area (Å²) < 4.78 is 11.5. The first-order chi connectivity index (χ1) is 12.6. The Labute approximate surface area is 153 Å². The van der Waals surface area contributed by atoms with Crippen molar-refractivity contribution in [3.63, 3.8) is 0 Å². The van der Waals surface area contributed by atoms with Crippen LogP contribution in [0.5, 0.6) is 5.75 Å². The Bertz CT molecular complexity index is 731. The van der Waals surface area contributed by atoms with Gasteiger partial charge in [0.1, 0.15) is 23.9 Å². The highest BCUT2D eigenvalue weighted by Gasteiger charge is 2.30. The van der Waals surface area contributed by atoms with E-state index >= 15 is 0 Å². The summed E-state index contributed by atoms with van der Waals surface area (Å²) >= 11 is 0.